The molecule has 3 rings (SSSR count). The molecule has 2 atom stereocenters. The second kappa shape index (κ2) is 8.12. The number of amides is 2. The third-order valence-corrected chi connectivity index (χ3v) is 4.80. The minimum Gasteiger partial charge on any atom is -0.429 e. The van der Waals surface area contributed by atoms with Crippen molar-refractivity contribution in [2.75, 3.05) is 18.9 Å². The molecule has 13 heteroatoms. The van der Waals surface area contributed by atoms with Gasteiger partial charge in [0, 0.05) is 26.6 Å². The first-order valence-electron chi connectivity index (χ1n) is 8.80. The van der Waals surface area contributed by atoms with Gasteiger partial charge < -0.3 is 15.0 Å². The molecular formula is C18H16F6N4O3. The fraction of sp³-hybridized carbons (Fsp3) is 0.389. The van der Waals surface area contributed by atoms with Crippen LogP contribution in [0.4, 0.5) is 32.0 Å². The van der Waals surface area contributed by atoms with E-state index in [1.54, 1.807) is 0 Å². The fourth-order valence-electron chi connectivity index (χ4n) is 3.42. The van der Waals surface area contributed by atoms with Crippen LogP contribution in [0.3, 0.4) is 0 Å². The Bertz CT molecular complexity index is 1010. The van der Waals surface area contributed by atoms with Gasteiger partial charge in [-0.1, -0.05) is 6.07 Å². The molecule has 168 valence electrons. The number of hydrogen-bond acceptors (Lipinski definition) is 4. The molecule has 31 heavy (non-hydrogen) atoms. The lowest BCUT2D eigenvalue weighted by Crippen LogP contribution is -2.33. The van der Waals surface area contributed by atoms with E-state index in [0.29, 0.717) is 4.68 Å². The summed E-state index contributed by atoms with van der Waals surface area (Å²) in [6, 6.07) is 3.78. The van der Waals surface area contributed by atoms with Crippen LogP contribution < -0.4 is 10.1 Å². The molecule has 2 heterocycles. The molecule has 1 N–H and O–H groups in total. The van der Waals surface area contributed by atoms with E-state index in [-0.39, 0.29) is 12.2 Å². The van der Waals surface area contributed by atoms with Crippen molar-refractivity contribution < 1.29 is 40.7 Å². The van der Waals surface area contributed by atoms with Crippen LogP contribution in [0.5, 0.6) is 5.75 Å². The fourth-order valence-corrected chi connectivity index (χ4v) is 3.42. The molecule has 1 saturated heterocycles. The predicted molar refractivity (Wildman–Crippen MR) is 93.7 cm³/mol. The van der Waals surface area contributed by atoms with Gasteiger partial charge in [0.1, 0.15) is 11.6 Å². The molecule has 1 aliphatic heterocycles. The topological polar surface area (TPSA) is 76.5 Å². The maximum atomic E-state index is 13.9. The number of nitrogens with zero attached hydrogens (tertiary/aromatic N) is 3. The minimum absolute atomic E-state index is 0.102. The average Bonchev–Trinajstić information content (AvgIpc) is 3.18. The summed E-state index contributed by atoms with van der Waals surface area (Å²) in [6.07, 6.45) is -4.70. The van der Waals surface area contributed by atoms with Crippen molar-refractivity contribution in [3.63, 3.8) is 0 Å². The van der Waals surface area contributed by atoms with Crippen molar-refractivity contribution in [3.05, 3.63) is 41.5 Å². The molecule has 0 aliphatic carbocycles. The quantitative estimate of drug-likeness (QED) is 0.562. The number of nitrogens with one attached hydrogen (secondary N) is 1. The Kier molecular flexibility index (Phi) is 5.87. The second-order valence-electron chi connectivity index (χ2n) is 6.86. The zero-order valence-corrected chi connectivity index (χ0v) is 16.1. The number of carbonyl (C=O) groups excluding carboxylic acids is 2. The Labute approximate surface area is 171 Å². The van der Waals surface area contributed by atoms with Crippen LogP contribution in [0.25, 0.3) is 0 Å². The Morgan fingerprint density at radius 1 is 1.29 bits per heavy atom. The summed E-state index contributed by atoms with van der Waals surface area (Å²) < 4.78 is 83.0. The zero-order chi connectivity index (χ0) is 23.1. The molecule has 0 unspecified atom stereocenters. The van der Waals surface area contributed by atoms with Crippen LogP contribution in [0.15, 0.2) is 24.3 Å². The number of likely N-dealkylation sites (tertiary alicyclic amines) is 1. The van der Waals surface area contributed by atoms with Gasteiger partial charge in [0.2, 0.25) is 11.8 Å². The SMILES string of the molecule is CN1C[C@H](c2cc(C(F)(F)F)n(C)n2)[C@@H](C(=O)Nc2cccc(F)c2OC(F)F)C1=O. The lowest BCUT2D eigenvalue weighted by Gasteiger charge is -2.17. The molecule has 2 aromatic rings. The number of anilines is 1. The first-order chi connectivity index (χ1) is 14.4. The number of rotatable bonds is 5. The van der Waals surface area contributed by atoms with Gasteiger partial charge in [-0.05, 0) is 18.2 Å². The number of alkyl halides is 5. The summed E-state index contributed by atoms with van der Waals surface area (Å²) in [5, 5.41) is 5.95. The number of aryl methyl sites for hydroxylation is 1. The van der Waals surface area contributed by atoms with Gasteiger partial charge in [-0.15, -0.1) is 0 Å². The van der Waals surface area contributed by atoms with Crippen LogP contribution in [-0.4, -0.2) is 46.7 Å². The van der Waals surface area contributed by atoms with Crippen molar-refractivity contribution in [1.29, 1.82) is 0 Å². The highest BCUT2D eigenvalue weighted by Gasteiger charge is 2.47. The summed E-state index contributed by atoms with van der Waals surface area (Å²) in [7, 11) is 2.42. The third-order valence-electron chi connectivity index (χ3n) is 4.80. The van der Waals surface area contributed by atoms with Crippen molar-refractivity contribution in [3.8, 4) is 5.75 Å². The molecule has 0 saturated carbocycles. The summed E-state index contributed by atoms with van der Waals surface area (Å²) in [6.45, 7) is -3.48. The smallest absolute Gasteiger partial charge is 0.429 e. The van der Waals surface area contributed by atoms with E-state index >= 15 is 0 Å². The lowest BCUT2D eigenvalue weighted by molar-refractivity contribution is -0.143. The number of carbonyl (C=O) groups is 2. The first-order valence-corrected chi connectivity index (χ1v) is 8.80. The summed E-state index contributed by atoms with van der Waals surface area (Å²) in [5.41, 5.74) is -1.67. The molecular weight excluding hydrogens is 434 g/mol. The van der Waals surface area contributed by atoms with Crippen LogP contribution >= 0.6 is 0 Å². The van der Waals surface area contributed by atoms with Gasteiger partial charge in [-0.25, -0.2) is 4.39 Å². The molecule has 2 amide bonds. The standard InChI is InChI=1S/C18H16F6N4O3/c1-27-7-8(11-6-12(18(22,23)24)28(2)26-11)13(16(27)30)15(29)25-10-5-3-4-9(19)14(10)31-17(20)21/h3-6,8,13,17H,7H2,1-2H3,(H,25,29)/t8-,13+/m1/s1. The van der Waals surface area contributed by atoms with Gasteiger partial charge in [0.15, 0.2) is 11.6 Å². The number of halogens is 6. The number of hydrogen-bond donors (Lipinski definition) is 1. The van der Waals surface area contributed by atoms with E-state index in [2.05, 4.69) is 15.2 Å². The number of benzene rings is 1. The largest absolute Gasteiger partial charge is 0.433 e. The van der Waals surface area contributed by atoms with E-state index < -0.39 is 59.4 Å². The third kappa shape index (κ3) is 4.44. The van der Waals surface area contributed by atoms with Gasteiger partial charge >= 0.3 is 12.8 Å². The summed E-state index contributed by atoms with van der Waals surface area (Å²) in [5.74, 6) is -6.41. The highest BCUT2D eigenvalue weighted by atomic mass is 19.4. The van der Waals surface area contributed by atoms with E-state index in [1.807, 2.05) is 0 Å². The number of aromatic nitrogens is 2. The summed E-state index contributed by atoms with van der Waals surface area (Å²) in [4.78, 5) is 26.5. The first kappa shape index (κ1) is 22.4. The van der Waals surface area contributed by atoms with E-state index in [9.17, 15) is 35.9 Å². The number of likely N-dealkylation sites (N-methyl/N-ethyl adjacent to an activating group) is 1. The van der Waals surface area contributed by atoms with Crippen LogP contribution in [0.2, 0.25) is 0 Å². The van der Waals surface area contributed by atoms with Gasteiger partial charge in [-0.3, -0.25) is 14.3 Å². The molecule has 1 aromatic carbocycles. The molecule has 0 radical (unpaired) electrons. The Hall–Kier alpha value is -3.25. The zero-order valence-electron chi connectivity index (χ0n) is 16.1. The van der Waals surface area contributed by atoms with Crippen LogP contribution in [-0.2, 0) is 22.8 Å². The van der Waals surface area contributed by atoms with E-state index in [4.69, 9.17) is 0 Å². The van der Waals surface area contributed by atoms with Crippen LogP contribution in [0.1, 0.15) is 17.3 Å². The lowest BCUT2D eigenvalue weighted by atomic mass is 9.91. The van der Waals surface area contributed by atoms with Gasteiger partial charge in [-0.2, -0.15) is 27.1 Å². The Morgan fingerprint density at radius 3 is 2.55 bits per heavy atom. The van der Waals surface area contributed by atoms with Gasteiger partial charge in [0.25, 0.3) is 0 Å². The van der Waals surface area contributed by atoms with E-state index in [0.717, 1.165) is 36.2 Å². The van der Waals surface area contributed by atoms with E-state index in [1.165, 1.54) is 7.05 Å². The van der Waals surface area contributed by atoms with Crippen molar-refractivity contribution in [1.82, 2.24) is 14.7 Å². The predicted octanol–water partition coefficient (Wildman–Crippen LogP) is 2.99. The second-order valence-corrected chi connectivity index (χ2v) is 6.86. The van der Waals surface area contributed by atoms with Crippen molar-refractivity contribution in [2.45, 2.75) is 18.7 Å². The van der Waals surface area contributed by atoms with Gasteiger partial charge in [0.05, 0.1) is 11.4 Å². The van der Waals surface area contributed by atoms with Crippen molar-refractivity contribution >= 4 is 17.5 Å². The molecule has 1 aliphatic rings. The molecule has 1 aromatic heterocycles. The normalized spacial score (nSPS) is 19.3. The molecule has 1 fully saturated rings. The monoisotopic (exact) mass is 450 g/mol. The maximum Gasteiger partial charge on any atom is 0.433 e. The molecule has 0 bridgehead atoms. The maximum absolute atomic E-state index is 13.9. The summed E-state index contributed by atoms with van der Waals surface area (Å²) >= 11 is 0. The molecule has 7 nitrogen and oxygen atoms in total. The van der Waals surface area contributed by atoms with Crippen LogP contribution in [0, 0.1) is 11.7 Å². The number of ether oxygens (including phenoxy) is 1. The van der Waals surface area contributed by atoms with Crippen molar-refractivity contribution in [2.24, 2.45) is 13.0 Å². The highest BCUT2D eigenvalue weighted by Crippen LogP contribution is 2.37. The average molecular weight is 450 g/mol. The Balaban J connectivity index is 1.93. The highest BCUT2D eigenvalue weighted by molar-refractivity contribution is 6.08. The number of para-hydroxylation sites is 1. The Morgan fingerprint density at radius 2 is 1.97 bits per heavy atom. The minimum atomic E-state index is -4.70. The molecule has 0 spiro atoms.